The van der Waals surface area contributed by atoms with Gasteiger partial charge in [0.25, 0.3) is 0 Å². The van der Waals surface area contributed by atoms with E-state index < -0.39 is 0 Å². The monoisotopic (exact) mass is 202 g/mol. The molecular formula is C11H14N4. The summed E-state index contributed by atoms with van der Waals surface area (Å²) in [6.07, 6.45) is 3.53. The lowest BCUT2D eigenvalue weighted by atomic mass is 10.1. The summed E-state index contributed by atoms with van der Waals surface area (Å²) in [4.78, 5) is 4.06. The van der Waals surface area contributed by atoms with Gasteiger partial charge in [0.2, 0.25) is 0 Å². The molecule has 0 aliphatic rings. The van der Waals surface area contributed by atoms with E-state index >= 15 is 0 Å². The molecule has 0 fully saturated rings. The highest BCUT2D eigenvalue weighted by molar-refractivity contribution is 5.25. The highest BCUT2D eigenvalue weighted by Gasteiger charge is 2.13. The van der Waals surface area contributed by atoms with Crippen molar-refractivity contribution in [1.29, 1.82) is 0 Å². The zero-order chi connectivity index (χ0) is 10.8. The third-order valence-corrected chi connectivity index (χ3v) is 2.40. The maximum Gasteiger partial charge on any atom is 0.0738 e. The van der Waals surface area contributed by atoms with E-state index in [2.05, 4.69) is 10.1 Å². The zero-order valence-corrected chi connectivity index (χ0v) is 8.88. The van der Waals surface area contributed by atoms with Crippen LogP contribution in [-0.2, 0) is 7.05 Å². The van der Waals surface area contributed by atoms with Gasteiger partial charge in [0.15, 0.2) is 0 Å². The maximum absolute atomic E-state index is 6.13. The van der Waals surface area contributed by atoms with E-state index in [1.165, 1.54) is 0 Å². The smallest absolute Gasteiger partial charge is 0.0738 e. The van der Waals surface area contributed by atoms with Gasteiger partial charge in [0, 0.05) is 19.4 Å². The van der Waals surface area contributed by atoms with Crippen molar-refractivity contribution in [3.05, 3.63) is 47.5 Å². The first-order chi connectivity index (χ1) is 7.18. The van der Waals surface area contributed by atoms with Crippen LogP contribution >= 0.6 is 0 Å². The molecule has 0 aliphatic heterocycles. The van der Waals surface area contributed by atoms with Crippen LogP contribution in [0.1, 0.15) is 23.0 Å². The van der Waals surface area contributed by atoms with E-state index in [0.29, 0.717) is 0 Å². The molecular weight excluding hydrogens is 188 g/mol. The van der Waals surface area contributed by atoms with Crippen LogP contribution in [0.25, 0.3) is 0 Å². The molecule has 2 aromatic heterocycles. The fourth-order valence-corrected chi connectivity index (χ4v) is 1.65. The van der Waals surface area contributed by atoms with E-state index in [9.17, 15) is 0 Å². The average molecular weight is 202 g/mol. The standard InChI is InChI=1S/C11H14N4/c1-8-6-10(15(2)14-8)11(12)9-4-3-5-13-7-9/h3-7,11H,12H2,1-2H3. The summed E-state index contributed by atoms with van der Waals surface area (Å²) in [7, 11) is 1.90. The maximum atomic E-state index is 6.13. The fourth-order valence-electron chi connectivity index (χ4n) is 1.65. The van der Waals surface area contributed by atoms with Gasteiger partial charge >= 0.3 is 0 Å². The minimum absolute atomic E-state index is 0.162. The van der Waals surface area contributed by atoms with Crippen LogP contribution in [0, 0.1) is 6.92 Å². The molecule has 78 valence electrons. The Morgan fingerprint density at radius 2 is 2.27 bits per heavy atom. The molecule has 2 heterocycles. The number of nitrogens with zero attached hydrogens (tertiary/aromatic N) is 3. The largest absolute Gasteiger partial charge is 0.319 e. The number of hydrogen-bond donors (Lipinski definition) is 1. The minimum Gasteiger partial charge on any atom is -0.319 e. The third kappa shape index (κ3) is 1.89. The van der Waals surface area contributed by atoms with E-state index in [4.69, 9.17) is 5.73 Å². The number of rotatable bonds is 2. The Morgan fingerprint density at radius 3 is 2.80 bits per heavy atom. The van der Waals surface area contributed by atoms with Crippen molar-refractivity contribution >= 4 is 0 Å². The molecule has 0 bridgehead atoms. The third-order valence-electron chi connectivity index (χ3n) is 2.40. The Bertz CT molecular complexity index is 447. The lowest BCUT2D eigenvalue weighted by Crippen LogP contribution is -2.15. The normalized spacial score (nSPS) is 12.7. The second kappa shape index (κ2) is 3.82. The minimum atomic E-state index is -0.162. The predicted molar refractivity (Wildman–Crippen MR) is 58.2 cm³/mol. The highest BCUT2D eigenvalue weighted by Crippen LogP contribution is 2.18. The van der Waals surface area contributed by atoms with Gasteiger partial charge in [-0.25, -0.2) is 0 Å². The van der Waals surface area contributed by atoms with Crippen molar-refractivity contribution in [3.63, 3.8) is 0 Å². The van der Waals surface area contributed by atoms with Crippen LogP contribution in [-0.4, -0.2) is 14.8 Å². The van der Waals surface area contributed by atoms with Gasteiger partial charge in [-0.1, -0.05) is 6.07 Å². The molecule has 0 spiro atoms. The molecule has 0 radical (unpaired) electrons. The zero-order valence-electron chi connectivity index (χ0n) is 8.88. The predicted octanol–water partition coefficient (Wildman–Crippen LogP) is 1.17. The van der Waals surface area contributed by atoms with Crippen molar-refractivity contribution in [3.8, 4) is 0 Å². The van der Waals surface area contributed by atoms with Crippen LogP contribution < -0.4 is 5.73 Å². The Kier molecular flexibility index (Phi) is 2.51. The molecule has 1 unspecified atom stereocenters. The summed E-state index contributed by atoms with van der Waals surface area (Å²) in [5.41, 5.74) is 9.11. The number of aromatic nitrogens is 3. The van der Waals surface area contributed by atoms with Crippen LogP contribution in [0.2, 0.25) is 0 Å². The Balaban J connectivity index is 2.36. The van der Waals surface area contributed by atoms with E-state index in [0.717, 1.165) is 17.0 Å². The van der Waals surface area contributed by atoms with Crippen molar-refractivity contribution in [2.45, 2.75) is 13.0 Å². The average Bonchev–Trinajstić information content (AvgIpc) is 2.58. The molecule has 0 saturated carbocycles. The van der Waals surface area contributed by atoms with Gasteiger partial charge in [-0.2, -0.15) is 5.10 Å². The molecule has 0 amide bonds. The highest BCUT2D eigenvalue weighted by atomic mass is 15.3. The van der Waals surface area contributed by atoms with Crippen molar-refractivity contribution in [1.82, 2.24) is 14.8 Å². The van der Waals surface area contributed by atoms with E-state index in [1.54, 1.807) is 12.4 Å². The number of nitrogens with two attached hydrogens (primary N) is 1. The molecule has 4 nitrogen and oxygen atoms in total. The van der Waals surface area contributed by atoms with Crippen LogP contribution in [0.15, 0.2) is 30.6 Å². The molecule has 4 heteroatoms. The lowest BCUT2D eigenvalue weighted by molar-refractivity contribution is 0.668. The van der Waals surface area contributed by atoms with Gasteiger partial charge in [-0.15, -0.1) is 0 Å². The number of hydrogen-bond acceptors (Lipinski definition) is 3. The topological polar surface area (TPSA) is 56.7 Å². The molecule has 0 aliphatic carbocycles. The summed E-state index contributed by atoms with van der Waals surface area (Å²) in [6.45, 7) is 1.96. The van der Waals surface area contributed by atoms with Crippen LogP contribution in [0.3, 0.4) is 0 Å². The molecule has 0 saturated heterocycles. The quantitative estimate of drug-likeness (QED) is 0.795. The van der Waals surface area contributed by atoms with Crippen molar-refractivity contribution in [2.24, 2.45) is 12.8 Å². The van der Waals surface area contributed by atoms with Gasteiger partial charge in [0.1, 0.15) is 0 Å². The summed E-state index contributed by atoms with van der Waals surface area (Å²) < 4.78 is 1.81. The van der Waals surface area contributed by atoms with Crippen LogP contribution in [0.4, 0.5) is 0 Å². The number of aryl methyl sites for hydroxylation is 2. The molecule has 2 aromatic rings. The van der Waals surface area contributed by atoms with Crippen molar-refractivity contribution < 1.29 is 0 Å². The number of pyridine rings is 1. The Morgan fingerprint density at radius 1 is 1.47 bits per heavy atom. The second-order valence-electron chi connectivity index (χ2n) is 3.60. The Hall–Kier alpha value is -1.68. The second-order valence-corrected chi connectivity index (χ2v) is 3.60. The summed E-state index contributed by atoms with van der Waals surface area (Å²) >= 11 is 0. The van der Waals surface area contributed by atoms with Crippen molar-refractivity contribution in [2.75, 3.05) is 0 Å². The molecule has 15 heavy (non-hydrogen) atoms. The van der Waals surface area contributed by atoms with Gasteiger partial charge in [-0.05, 0) is 24.6 Å². The summed E-state index contributed by atoms with van der Waals surface area (Å²) in [6, 6.07) is 5.70. The molecule has 2 N–H and O–H groups in total. The molecule has 2 rings (SSSR count). The van der Waals surface area contributed by atoms with Gasteiger partial charge < -0.3 is 5.73 Å². The van der Waals surface area contributed by atoms with Gasteiger partial charge in [-0.3, -0.25) is 9.67 Å². The Labute approximate surface area is 88.8 Å². The lowest BCUT2D eigenvalue weighted by Gasteiger charge is -2.11. The SMILES string of the molecule is Cc1cc(C(N)c2cccnc2)n(C)n1. The van der Waals surface area contributed by atoms with E-state index in [-0.39, 0.29) is 6.04 Å². The van der Waals surface area contributed by atoms with Crippen LogP contribution in [0.5, 0.6) is 0 Å². The summed E-state index contributed by atoms with van der Waals surface area (Å²) in [5.74, 6) is 0. The first-order valence-corrected chi connectivity index (χ1v) is 4.84. The van der Waals surface area contributed by atoms with Gasteiger partial charge in [0.05, 0.1) is 17.4 Å². The first-order valence-electron chi connectivity index (χ1n) is 4.84. The van der Waals surface area contributed by atoms with E-state index in [1.807, 2.05) is 36.9 Å². The fraction of sp³-hybridized carbons (Fsp3) is 0.273. The molecule has 1 atom stereocenters. The summed E-state index contributed by atoms with van der Waals surface area (Å²) in [5, 5.41) is 4.27. The first kappa shape index (κ1) is 9.86. The molecule has 0 aromatic carbocycles.